The number of nitrogens with zero attached hydrogens (tertiary/aromatic N) is 3. The van der Waals surface area contributed by atoms with E-state index in [1.165, 1.54) is 12.4 Å². The summed E-state index contributed by atoms with van der Waals surface area (Å²) in [6, 6.07) is 1.51. The van der Waals surface area contributed by atoms with Gasteiger partial charge in [0.05, 0.1) is 0 Å². The Hall–Kier alpha value is -1.89. The first kappa shape index (κ1) is 13.5. The molecule has 2 rings (SSSR count). The standard InChI is InChI=1S/C12H15N3O3S/c1-8(2)4-15-11(13-7-14-15)5-18-9-3-10(12(16)17)19-6-9/h3,6-8H,4-5H2,1-2H3,(H,16,17). The largest absolute Gasteiger partial charge is 0.485 e. The van der Waals surface area contributed by atoms with Gasteiger partial charge in [0.2, 0.25) is 0 Å². The van der Waals surface area contributed by atoms with Gasteiger partial charge in [0.15, 0.2) is 5.82 Å². The van der Waals surface area contributed by atoms with Crippen LogP contribution in [0.2, 0.25) is 0 Å². The van der Waals surface area contributed by atoms with Gasteiger partial charge in [-0.1, -0.05) is 13.8 Å². The van der Waals surface area contributed by atoms with Gasteiger partial charge in [0.1, 0.15) is 23.6 Å². The first-order chi connectivity index (χ1) is 9.06. The highest BCUT2D eigenvalue weighted by atomic mass is 32.1. The summed E-state index contributed by atoms with van der Waals surface area (Å²) in [5, 5.41) is 14.6. The molecule has 0 atom stereocenters. The Kier molecular flexibility index (Phi) is 4.16. The number of aromatic nitrogens is 3. The summed E-state index contributed by atoms with van der Waals surface area (Å²) in [6.45, 7) is 5.26. The highest BCUT2D eigenvalue weighted by Crippen LogP contribution is 2.22. The summed E-state index contributed by atoms with van der Waals surface area (Å²) < 4.78 is 7.33. The maximum absolute atomic E-state index is 10.8. The molecule has 0 spiro atoms. The van der Waals surface area contributed by atoms with E-state index in [-0.39, 0.29) is 11.5 Å². The van der Waals surface area contributed by atoms with Crippen molar-refractivity contribution in [3.63, 3.8) is 0 Å². The predicted octanol–water partition coefficient (Wildman–Crippen LogP) is 2.27. The van der Waals surface area contributed by atoms with Gasteiger partial charge < -0.3 is 9.84 Å². The molecule has 0 amide bonds. The smallest absolute Gasteiger partial charge is 0.346 e. The topological polar surface area (TPSA) is 77.2 Å². The van der Waals surface area contributed by atoms with E-state index in [1.54, 1.807) is 10.1 Å². The third kappa shape index (κ3) is 3.54. The van der Waals surface area contributed by atoms with Crippen molar-refractivity contribution in [2.24, 2.45) is 5.92 Å². The molecule has 1 N–H and O–H groups in total. The lowest BCUT2D eigenvalue weighted by atomic mass is 10.2. The van der Waals surface area contributed by atoms with Gasteiger partial charge in [0, 0.05) is 18.0 Å². The Balaban J connectivity index is 1.98. The lowest BCUT2D eigenvalue weighted by Crippen LogP contribution is -2.12. The first-order valence-corrected chi connectivity index (χ1v) is 6.75. The van der Waals surface area contributed by atoms with E-state index in [4.69, 9.17) is 9.84 Å². The van der Waals surface area contributed by atoms with Crippen LogP contribution in [0.15, 0.2) is 17.8 Å². The summed E-state index contributed by atoms with van der Waals surface area (Å²) in [4.78, 5) is 15.2. The summed E-state index contributed by atoms with van der Waals surface area (Å²) in [7, 11) is 0. The molecule has 2 heterocycles. The number of carboxylic acids is 1. The van der Waals surface area contributed by atoms with Crippen molar-refractivity contribution < 1.29 is 14.6 Å². The van der Waals surface area contributed by atoms with E-state index < -0.39 is 5.97 Å². The van der Waals surface area contributed by atoms with Crippen LogP contribution in [-0.4, -0.2) is 25.8 Å². The second-order valence-electron chi connectivity index (χ2n) is 4.49. The average molecular weight is 281 g/mol. The Morgan fingerprint density at radius 2 is 2.37 bits per heavy atom. The van der Waals surface area contributed by atoms with Crippen molar-refractivity contribution >= 4 is 17.3 Å². The van der Waals surface area contributed by atoms with Crippen LogP contribution in [0.4, 0.5) is 0 Å². The predicted molar refractivity (Wildman–Crippen MR) is 70.5 cm³/mol. The van der Waals surface area contributed by atoms with Gasteiger partial charge in [-0.15, -0.1) is 11.3 Å². The SMILES string of the molecule is CC(C)Cn1ncnc1COc1csc(C(=O)O)c1. The number of hydrogen-bond donors (Lipinski definition) is 1. The van der Waals surface area contributed by atoms with Gasteiger partial charge in [-0.3, -0.25) is 0 Å². The summed E-state index contributed by atoms with van der Waals surface area (Å²) in [6.07, 6.45) is 1.50. The maximum atomic E-state index is 10.8. The van der Waals surface area contributed by atoms with E-state index >= 15 is 0 Å². The molecule has 0 aliphatic carbocycles. The molecular weight excluding hydrogens is 266 g/mol. The fourth-order valence-corrected chi connectivity index (χ4v) is 2.22. The molecule has 102 valence electrons. The number of hydrogen-bond acceptors (Lipinski definition) is 5. The zero-order chi connectivity index (χ0) is 13.8. The van der Waals surface area contributed by atoms with Crippen LogP contribution in [-0.2, 0) is 13.2 Å². The van der Waals surface area contributed by atoms with Crippen LogP contribution in [0.1, 0.15) is 29.3 Å². The van der Waals surface area contributed by atoms with Crippen molar-refractivity contribution in [3.8, 4) is 5.75 Å². The van der Waals surface area contributed by atoms with Crippen LogP contribution in [0.5, 0.6) is 5.75 Å². The number of carboxylic acid groups (broad SMARTS) is 1. The van der Waals surface area contributed by atoms with Gasteiger partial charge in [0.25, 0.3) is 0 Å². The van der Waals surface area contributed by atoms with E-state index in [0.29, 0.717) is 11.7 Å². The normalized spacial score (nSPS) is 10.9. The summed E-state index contributed by atoms with van der Waals surface area (Å²) in [5.41, 5.74) is 0. The van der Waals surface area contributed by atoms with Gasteiger partial charge in [-0.25, -0.2) is 14.5 Å². The van der Waals surface area contributed by atoms with Crippen molar-refractivity contribution in [3.05, 3.63) is 28.5 Å². The van der Waals surface area contributed by atoms with Crippen molar-refractivity contribution in [2.75, 3.05) is 0 Å². The monoisotopic (exact) mass is 281 g/mol. The van der Waals surface area contributed by atoms with E-state index in [1.807, 2.05) is 0 Å². The molecule has 19 heavy (non-hydrogen) atoms. The van der Waals surface area contributed by atoms with Gasteiger partial charge in [-0.2, -0.15) is 5.10 Å². The average Bonchev–Trinajstić information content (AvgIpc) is 2.94. The molecule has 6 nitrogen and oxygen atoms in total. The Morgan fingerprint density at radius 3 is 3.00 bits per heavy atom. The lowest BCUT2D eigenvalue weighted by molar-refractivity contribution is 0.0702. The second kappa shape index (κ2) is 5.83. The molecule has 0 aliphatic heterocycles. The lowest BCUT2D eigenvalue weighted by Gasteiger charge is -2.08. The van der Waals surface area contributed by atoms with Gasteiger partial charge in [-0.05, 0) is 5.92 Å². The number of thiophene rings is 1. The Labute approximate surface area is 114 Å². The summed E-state index contributed by atoms with van der Waals surface area (Å²) >= 11 is 1.14. The molecule has 2 aromatic rings. The van der Waals surface area contributed by atoms with Crippen molar-refractivity contribution in [1.29, 1.82) is 0 Å². The van der Waals surface area contributed by atoms with Crippen LogP contribution >= 0.6 is 11.3 Å². The zero-order valence-electron chi connectivity index (χ0n) is 10.7. The molecule has 0 bridgehead atoms. The van der Waals surface area contributed by atoms with E-state index in [2.05, 4.69) is 23.9 Å². The maximum Gasteiger partial charge on any atom is 0.346 e. The zero-order valence-corrected chi connectivity index (χ0v) is 11.6. The second-order valence-corrected chi connectivity index (χ2v) is 5.40. The molecule has 0 saturated heterocycles. The van der Waals surface area contributed by atoms with E-state index in [0.717, 1.165) is 23.7 Å². The fourth-order valence-electron chi connectivity index (χ4n) is 1.55. The number of aromatic carboxylic acids is 1. The molecule has 0 unspecified atom stereocenters. The Morgan fingerprint density at radius 1 is 1.58 bits per heavy atom. The minimum Gasteiger partial charge on any atom is -0.485 e. The van der Waals surface area contributed by atoms with Gasteiger partial charge >= 0.3 is 5.97 Å². The third-order valence-corrected chi connectivity index (χ3v) is 3.28. The molecule has 0 aliphatic rings. The van der Waals surface area contributed by atoms with Crippen LogP contribution in [0.25, 0.3) is 0 Å². The molecule has 2 aromatic heterocycles. The number of ether oxygens (including phenoxy) is 1. The van der Waals surface area contributed by atoms with Crippen molar-refractivity contribution in [2.45, 2.75) is 27.0 Å². The molecule has 7 heteroatoms. The van der Waals surface area contributed by atoms with Crippen molar-refractivity contribution in [1.82, 2.24) is 14.8 Å². The molecule has 0 aromatic carbocycles. The number of rotatable bonds is 6. The van der Waals surface area contributed by atoms with Crippen LogP contribution < -0.4 is 4.74 Å². The fraction of sp³-hybridized carbons (Fsp3) is 0.417. The van der Waals surface area contributed by atoms with Crippen LogP contribution in [0.3, 0.4) is 0 Å². The minimum absolute atomic E-state index is 0.263. The molecule has 0 saturated carbocycles. The van der Waals surface area contributed by atoms with Crippen LogP contribution in [0, 0.1) is 5.92 Å². The Bertz CT molecular complexity index is 562. The minimum atomic E-state index is -0.942. The molecule has 0 radical (unpaired) electrons. The van der Waals surface area contributed by atoms with E-state index in [9.17, 15) is 4.79 Å². The first-order valence-electron chi connectivity index (χ1n) is 5.87. The highest BCUT2D eigenvalue weighted by Gasteiger charge is 2.10. The number of carbonyl (C=O) groups is 1. The molecular formula is C12H15N3O3S. The summed E-state index contributed by atoms with van der Waals surface area (Å²) in [5.74, 6) is 0.807. The quantitative estimate of drug-likeness (QED) is 0.879. The highest BCUT2D eigenvalue weighted by molar-refractivity contribution is 7.12. The third-order valence-electron chi connectivity index (χ3n) is 2.39. The molecule has 0 fully saturated rings.